The topological polar surface area (TPSA) is 95.5 Å². The predicted octanol–water partition coefficient (Wildman–Crippen LogP) is 6.04. The van der Waals surface area contributed by atoms with Crippen LogP contribution in [0.15, 0.2) is 89.8 Å². The number of thioether (sulfide) groups is 1. The summed E-state index contributed by atoms with van der Waals surface area (Å²) in [7, 11) is 0. The molecular formula is C24H18Cl2N2O4S. The Morgan fingerprint density at radius 2 is 1.58 bits per heavy atom. The molecule has 1 unspecified atom stereocenters. The van der Waals surface area contributed by atoms with Crippen LogP contribution in [0.25, 0.3) is 0 Å². The lowest BCUT2D eigenvalue weighted by Gasteiger charge is -2.18. The largest absolute Gasteiger partial charge is 0.478 e. The fourth-order valence-corrected chi connectivity index (χ4v) is 4.14. The van der Waals surface area contributed by atoms with Crippen molar-refractivity contribution in [2.24, 2.45) is 0 Å². The summed E-state index contributed by atoms with van der Waals surface area (Å²) in [6.45, 7) is 0. The Morgan fingerprint density at radius 1 is 0.879 bits per heavy atom. The number of carboxylic acid groups (broad SMARTS) is 1. The van der Waals surface area contributed by atoms with Gasteiger partial charge in [-0.25, -0.2) is 4.79 Å². The van der Waals surface area contributed by atoms with Gasteiger partial charge in [0.1, 0.15) is 5.25 Å². The van der Waals surface area contributed by atoms with Gasteiger partial charge in [0.05, 0.1) is 10.7 Å². The molecule has 0 aromatic heterocycles. The molecule has 6 nitrogen and oxygen atoms in total. The maximum Gasteiger partial charge on any atom is 0.328 e. The minimum Gasteiger partial charge on any atom is -0.478 e. The lowest BCUT2D eigenvalue weighted by Crippen LogP contribution is -2.19. The van der Waals surface area contributed by atoms with E-state index in [0.717, 1.165) is 22.6 Å². The van der Waals surface area contributed by atoms with Gasteiger partial charge < -0.3 is 15.7 Å². The van der Waals surface area contributed by atoms with Gasteiger partial charge in [-0.05, 0) is 48.0 Å². The van der Waals surface area contributed by atoms with E-state index in [1.165, 1.54) is 11.8 Å². The first-order valence-electron chi connectivity index (χ1n) is 9.61. The van der Waals surface area contributed by atoms with Crippen LogP contribution in [0, 0.1) is 0 Å². The second kappa shape index (κ2) is 11.6. The van der Waals surface area contributed by atoms with Crippen LogP contribution in [-0.2, 0) is 14.4 Å². The van der Waals surface area contributed by atoms with Gasteiger partial charge in [0.25, 0.3) is 0 Å². The molecule has 168 valence electrons. The van der Waals surface area contributed by atoms with Gasteiger partial charge in [-0.3, -0.25) is 9.59 Å². The van der Waals surface area contributed by atoms with E-state index < -0.39 is 17.1 Å². The van der Waals surface area contributed by atoms with Crippen LogP contribution in [-0.4, -0.2) is 22.9 Å². The van der Waals surface area contributed by atoms with Crippen molar-refractivity contribution < 1.29 is 19.5 Å². The first-order valence-corrected chi connectivity index (χ1v) is 11.2. The van der Waals surface area contributed by atoms with E-state index in [9.17, 15) is 14.4 Å². The van der Waals surface area contributed by atoms with Crippen molar-refractivity contribution in [1.82, 2.24) is 0 Å². The molecule has 33 heavy (non-hydrogen) atoms. The summed E-state index contributed by atoms with van der Waals surface area (Å²) in [6.07, 6.45) is 1.69. The first kappa shape index (κ1) is 24.4. The third-order valence-corrected chi connectivity index (χ3v) is 6.11. The van der Waals surface area contributed by atoms with Crippen LogP contribution in [0.5, 0.6) is 0 Å². The highest BCUT2D eigenvalue weighted by molar-refractivity contribution is 8.00. The summed E-state index contributed by atoms with van der Waals surface area (Å²) in [5, 5.41) is 14.3. The highest BCUT2D eigenvalue weighted by atomic mass is 35.5. The minimum absolute atomic E-state index is 0.272. The Bertz CT molecular complexity index is 1180. The van der Waals surface area contributed by atoms with E-state index in [0.29, 0.717) is 21.4 Å². The minimum atomic E-state index is -1.21. The molecule has 0 radical (unpaired) electrons. The number of hydrogen-bond acceptors (Lipinski definition) is 4. The fraction of sp³-hybridized carbons (Fsp3) is 0.0417. The van der Waals surface area contributed by atoms with Gasteiger partial charge in [0.2, 0.25) is 11.8 Å². The Kier molecular flexibility index (Phi) is 8.54. The number of nitrogens with one attached hydrogen (secondary N) is 2. The molecule has 3 aromatic rings. The summed E-state index contributed by atoms with van der Waals surface area (Å²) < 4.78 is 0. The number of halogens is 2. The van der Waals surface area contributed by atoms with E-state index in [1.807, 2.05) is 30.3 Å². The van der Waals surface area contributed by atoms with Gasteiger partial charge >= 0.3 is 5.97 Å². The van der Waals surface area contributed by atoms with Crippen LogP contribution in [0.2, 0.25) is 10.0 Å². The quantitative estimate of drug-likeness (QED) is 0.258. The van der Waals surface area contributed by atoms with Crippen LogP contribution >= 0.6 is 35.0 Å². The number of anilines is 2. The molecule has 3 aromatic carbocycles. The summed E-state index contributed by atoms with van der Waals surface area (Å²) >= 11 is 13.6. The Balaban J connectivity index is 1.77. The molecular weight excluding hydrogens is 483 g/mol. The van der Waals surface area contributed by atoms with Crippen molar-refractivity contribution in [3.05, 3.63) is 101 Å². The Labute approximate surface area is 204 Å². The molecule has 0 aliphatic rings. The predicted molar refractivity (Wildman–Crippen MR) is 132 cm³/mol. The monoisotopic (exact) mass is 500 g/mol. The lowest BCUT2D eigenvalue weighted by atomic mass is 10.1. The van der Waals surface area contributed by atoms with Gasteiger partial charge in [-0.1, -0.05) is 53.5 Å². The second-order valence-corrected chi connectivity index (χ2v) is 8.73. The molecule has 0 aliphatic heterocycles. The first-order chi connectivity index (χ1) is 15.8. The van der Waals surface area contributed by atoms with E-state index in [-0.39, 0.29) is 5.91 Å². The number of carboxylic acids is 1. The van der Waals surface area contributed by atoms with Gasteiger partial charge in [-0.15, -0.1) is 11.8 Å². The molecule has 3 rings (SSSR count). The van der Waals surface area contributed by atoms with E-state index in [1.54, 1.807) is 42.5 Å². The highest BCUT2D eigenvalue weighted by Crippen LogP contribution is 2.37. The lowest BCUT2D eigenvalue weighted by molar-refractivity contribution is -0.131. The molecule has 9 heteroatoms. The average Bonchev–Trinajstić information content (AvgIpc) is 2.80. The molecule has 1 atom stereocenters. The summed E-state index contributed by atoms with van der Waals surface area (Å²) in [5.41, 5.74) is 1.71. The summed E-state index contributed by atoms with van der Waals surface area (Å²) in [4.78, 5) is 36.2. The molecule has 0 heterocycles. The number of hydrogen-bond donors (Lipinski definition) is 3. The maximum atomic E-state index is 13.2. The zero-order valence-corrected chi connectivity index (χ0v) is 19.3. The smallest absolute Gasteiger partial charge is 0.328 e. The molecule has 0 saturated heterocycles. The van der Waals surface area contributed by atoms with E-state index in [2.05, 4.69) is 10.6 Å². The number of amides is 2. The van der Waals surface area contributed by atoms with Crippen molar-refractivity contribution in [2.45, 2.75) is 10.1 Å². The van der Waals surface area contributed by atoms with Crippen LogP contribution in [0.1, 0.15) is 10.8 Å². The third kappa shape index (κ3) is 7.39. The molecule has 0 aliphatic carbocycles. The number of aliphatic carboxylic acids is 1. The molecule has 0 fully saturated rings. The fourth-order valence-electron chi connectivity index (χ4n) is 2.78. The van der Waals surface area contributed by atoms with Crippen LogP contribution < -0.4 is 10.6 Å². The number of carbonyl (C=O) groups is 3. The Morgan fingerprint density at radius 3 is 2.24 bits per heavy atom. The standard InChI is InChI=1S/C24H18Cl2N2O4S/c25-16-6-11-19(26)20(14-16)28-24(32)23(15-4-2-1-3-5-15)33-18-9-7-17(8-10-18)27-21(29)12-13-22(30)31/h1-14,23H,(H,27,29)(H,28,32)(H,30,31)/b13-12+. The van der Waals surface area contributed by atoms with Crippen molar-refractivity contribution >= 4 is 64.1 Å². The van der Waals surface area contributed by atoms with Crippen LogP contribution in [0.3, 0.4) is 0 Å². The van der Waals surface area contributed by atoms with Gasteiger partial charge in [-0.2, -0.15) is 0 Å². The molecule has 0 spiro atoms. The van der Waals surface area contributed by atoms with E-state index >= 15 is 0 Å². The molecule has 0 saturated carbocycles. The zero-order chi connectivity index (χ0) is 23.8. The van der Waals surface area contributed by atoms with Crippen molar-refractivity contribution in [2.75, 3.05) is 10.6 Å². The SMILES string of the molecule is O=C(O)/C=C/C(=O)Nc1ccc(SC(C(=O)Nc2cc(Cl)ccc2Cl)c2ccccc2)cc1. The average molecular weight is 501 g/mol. The maximum absolute atomic E-state index is 13.2. The number of carbonyl (C=O) groups excluding carboxylic acids is 2. The Hall–Kier alpha value is -3.26. The van der Waals surface area contributed by atoms with Gasteiger partial charge in [0.15, 0.2) is 0 Å². The van der Waals surface area contributed by atoms with Crippen molar-refractivity contribution in [3.8, 4) is 0 Å². The normalized spacial score (nSPS) is 11.7. The zero-order valence-electron chi connectivity index (χ0n) is 17.0. The van der Waals surface area contributed by atoms with Crippen molar-refractivity contribution in [3.63, 3.8) is 0 Å². The molecule has 3 N–H and O–H groups in total. The van der Waals surface area contributed by atoms with Crippen molar-refractivity contribution in [1.29, 1.82) is 0 Å². The summed E-state index contributed by atoms with van der Waals surface area (Å²) in [5.74, 6) is -2.04. The van der Waals surface area contributed by atoms with E-state index in [4.69, 9.17) is 28.3 Å². The van der Waals surface area contributed by atoms with Gasteiger partial charge in [0, 0.05) is 27.8 Å². The molecule has 0 bridgehead atoms. The second-order valence-electron chi connectivity index (χ2n) is 6.71. The number of rotatable bonds is 8. The molecule has 2 amide bonds. The number of benzene rings is 3. The third-order valence-electron chi connectivity index (χ3n) is 4.28. The highest BCUT2D eigenvalue weighted by Gasteiger charge is 2.23. The summed E-state index contributed by atoms with van der Waals surface area (Å²) in [6, 6.07) is 21.0. The van der Waals surface area contributed by atoms with Crippen LogP contribution in [0.4, 0.5) is 11.4 Å².